The normalized spacial score (nSPS) is 38.8. The predicted molar refractivity (Wildman–Crippen MR) is 93.1 cm³/mol. The Bertz CT molecular complexity index is 560. The summed E-state index contributed by atoms with van der Waals surface area (Å²) in [6.07, 6.45) is 10.0. The molecule has 1 N–H and O–H groups in total. The Labute approximate surface area is 145 Å². The van der Waals surface area contributed by atoms with E-state index in [9.17, 15) is 9.59 Å². The van der Waals surface area contributed by atoms with Gasteiger partial charge in [0.2, 0.25) is 0 Å². The van der Waals surface area contributed by atoms with Gasteiger partial charge in [0.05, 0.1) is 5.57 Å². The summed E-state index contributed by atoms with van der Waals surface area (Å²) < 4.78 is 0. The highest BCUT2D eigenvalue weighted by Gasteiger charge is 2.50. The van der Waals surface area contributed by atoms with Crippen molar-refractivity contribution in [2.45, 2.75) is 57.9 Å². The Balaban J connectivity index is 1.50. The van der Waals surface area contributed by atoms with Crippen LogP contribution in [0.2, 0.25) is 0 Å². The molecule has 0 heterocycles. The highest BCUT2D eigenvalue weighted by atomic mass is 16.2. The molecule has 4 bridgehead atoms. The zero-order chi connectivity index (χ0) is 17.1. The third kappa shape index (κ3) is 2.78. The van der Waals surface area contributed by atoms with Gasteiger partial charge in [0, 0.05) is 31.8 Å². The minimum atomic E-state index is -0.302. The van der Waals surface area contributed by atoms with Crippen molar-refractivity contribution in [3.63, 3.8) is 0 Å². The molecule has 0 saturated heterocycles. The van der Waals surface area contributed by atoms with Gasteiger partial charge >= 0.3 is 0 Å². The maximum Gasteiger partial charge on any atom is 0.256 e. The van der Waals surface area contributed by atoms with Gasteiger partial charge in [-0.3, -0.25) is 9.59 Å². The topological polar surface area (TPSA) is 49.4 Å². The summed E-state index contributed by atoms with van der Waals surface area (Å²) in [6, 6.07) is 0.288. The smallest absolute Gasteiger partial charge is 0.256 e. The number of carbonyl (C=O) groups is 2. The lowest BCUT2D eigenvalue weighted by Gasteiger charge is -2.54. The molecule has 1 amide bonds. The van der Waals surface area contributed by atoms with Gasteiger partial charge in [-0.15, -0.1) is 0 Å². The summed E-state index contributed by atoms with van der Waals surface area (Å²) in [4.78, 5) is 27.6. The molecule has 132 valence electrons. The lowest BCUT2D eigenvalue weighted by Crippen LogP contribution is -2.56. The lowest BCUT2D eigenvalue weighted by molar-refractivity contribution is -0.127. The largest absolute Gasteiger partial charge is 0.383 e. The van der Waals surface area contributed by atoms with Crippen LogP contribution in [0.25, 0.3) is 0 Å². The van der Waals surface area contributed by atoms with E-state index in [4.69, 9.17) is 0 Å². The Hall–Kier alpha value is -1.32. The number of nitrogens with one attached hydrogen (secondary N) is 1. The predicted octanol–water partition coefficient (Wildman–Crippen LogP) is 2.74. The summed E-state index contributed by atoms with van der Waals surface area (Å²) in [5, 5.41) is 3.29. The number of Topliss-reactive ketones (excluding diaryl/α,β-unsaturated/α-hetero) is 1. The van der Waals surface area contributed by atoms with Crippen molar-refractivity contribution in [2.75, 3.05) is 14.1 Å². The van der Waals surface area contributed by atoms with Crippen LogP contribution in [-0.4, -0.2) is 36.7 Å². The molecule has 0 atom stereocenters. The van der Waals surface area contributed by atoms with E-state index in [0.29, 0.717) is 17.4 Å². The van der Waals surface area contributed by atoms with Crippen molar-refractivity contribution in [3.8, 4) is 0 Å². The Morgan fingerprint density at radius 2 is 1.54 bits per heavy atom. The van der Waals surface area contributed by atoms with E-state index in [1.54, 1.807) is 6.20 Å². The molecule has 5 saturated carbocycles. The second-order valence-corrected chi connectivity index (χ2v) is 9.33. The second kappa shape index (κ2) is 5.60. The Kier molecular flexibility index (Phi) is 3.77. The highest BCUT2D eigenvalue weighted by molar-refractivity contribution is 6.21. The first kappa shape index (κ1) is 16.2. The van der Waals surface area contributed by atoms with Crippen molar-refractivity contribution in [3.05, 3.63) is 11.8 Å². The summed E-state index contributed by atoms with van der Waals surface area (Å²) in [7, 11) is 3.75. The van der Waals surface area contributed by atoms with E-state index in [2.05, 4.69) is 5.32 Å². The lowest BCUT2D eigenvalue weighted by atomic mass is 9.54. The molecule has 0 unspecified atom stereocenters. The van der Waals surface area contributed by atoms with Gasteiger partial charge in [0.1, 0.15) is 0 Å². The number of nitrogens with zero attached hydrogens (tertiary/aromatic N) is 1. The first-order valence-corrected chi connectivity index (χ1v) is 9.59. The zero-order valence-corrected chi connectivity index (χ0v) is 15.2. The minimum Gasteiger partial charge on any atom is -0.383 e. The average Bonchev–Trinajstić information content (AvgIpc) is 3.26. The average molecular weight is 330 g/mol. The molecule has 5 rings (SSSR count). The minimum absolute atomic E-state index is 0.0255. The van der Waals surface area contributed by atoms with Gasteiger partial charge in [-0.05, 0) is 68.6 Å². The molecule has 4 heteroatoms. The maximum absolute atomic E-state index is 13.0. The Morgan fingerprint density at radius 1 is 1.00 bits per heavy atom. The van der Waals surface area contributed by atoms with Gasteiger partial charge in [0.15, 0.2) is 5.78 Å². The van der Waals surface area contributed by atoms with Gasteiger partial charge in [0.25, 0.3) is 5.91 Å². The van der Waals surface area contributed by atoms with Crippen LogP contribution in [0.3, 0.4) is 0 Å². The summed E-state index contributed by atoms with van der Waals surface area (Å²) in [5.41, 5.74) is 0.0530. The molecule has 5 fully saturated rings. The number of carbonyl (C=O) groups excluding carboxylic acids is 2. The number of hydrogen-bond donors (Lipinski definition) is 1. The second-order valence-electron chi connectivity index (χ2n) is 9.33. The zero-order valence-electron chi connectivity index (χ0n) is 15.2. The quantitative estimate of drug-likeness (QED) is 0.479. The van der Waals surface area contributed by atoms with Crippen molar-refractivity contribution in [2.24, 2.45) is 29.1 Å². The highest BCUT2D eigenvalue weighted by Crippen LogP contribution is 2.54. The van der Waals surface area contributed by atoms with Gasteiger partial charge in [-0.25, -0.2) is 0 Å². The first-order chi connectivity index (χ1) is 11.4. The molecule has 0 radical (unpaired) electrons. The molecular weight excluding hydrogens is 300 g/mol. The van der Waals surface area contributed by atoms with Crippen molar-refractivity contribution in [1.29, 1.82) is 0 Å². The number of amides is 1. The summed E-state index contributed by atoms with van der Waals surface area (Å²) in [6.45, 7) is 1.98. The van der Waals surface area contributed by atoms with Crippen LogP contribution in [0.4, 0.5) is 0 Å². The SMILES string of the molecule is CN(C)/C=C(/C(=O)NC1C2CC3CC(C2)CC1C3)C(=O)C1(C)CC1. The van der Waals surface area contributed by atoms with Crippen molar-refractivity contribution >= 4 is 11.7 Å². The van der Waals surface area contributed by atoms with Gasteiger partial charge in [-0.1, -0.05) is 6.92 Å². The fourth-order valence-electron chi connectivity index (χ4n) is 5.61. The molecule has 0 aliphatic heterocycles. The van der Waals surface area contributed by atoms with Gasteiger partial charge < -0.3 is 10.2 Å². The Morgan fingerprint density at radius 3 is 2.00 bits per heavy atom. The number of ketones is 1. The fraction of sp³-hybridized carbons (Fsp3) is 0.800. The third-order valence-electron chi connectivity index (χ3n) is 6.95. The van der Waals surface area contributed by atoms with E-state index in [1.165, 1.54) is 32.1 Å². The molecule has 0 aromatic rings. The fourth-order valence-corrected chi connectivity index (χ4v) is 5.61. The summed E-state index contributed by atoms with van der Waals surface area (Å²) >= 11 is 0. The number of hydrogen-bond acceptors (Lipinski definition) is 3. The summed E-state index contributed by atoms with van der Waals surface area (Å²) in [5.74, 6) is 2.94. The molecule has 0 spiro atoms. The molecule has 5 aliphatic rings. The molecule has 0 aromatic heterocycles. The van der Waals surface area contributed by atoms with Crippen molar-refractivity contribution in [1.82, 2.24) is 10.2 Å². The van der Waals surface area contributed by atoms with Crippen LogP contribution >= 0.6 is 0 Å². The van der Waals surface area contributed by atoms with Gasteiger partial charge in [-0.2, -0.15) is 0 Å². The molecule has 24 heavy (non-hydrogen) atoms. The molecule has 4 nitrogen and oxygen atoms in total. The van der Waals surface area contributed by atoms with E-state index < -0.39 is 0 Å². The maximum atomic E-state index is 13.0. The van der Waals surface area contributed by atoms with Crippen LogP contribution in [0.5, 0.6) is 0 Å². The molecular formula is C20H30N2O2. The van der Waals surface area contributed by atoms with Crippen LogP contribution in [-0.2, 0) is 9.59 Å². The standard InChI is InChI=1S/C20H30N2O2/c1-20(4-5-20)18(23)16(11-22(2)3)19(24)21-17-14-7-12-6-13(9-14)10-15(17)8-12/h11-15,17H,4-10H2,1-3H3,(H,21,24)/b16-11+. The van der Waals surface area contributed by atoms with E-state index in [0.717, 1.165) is 24.7 Å². The first-order valence-electron chi connectivity index (χ1n) is 9.59. The third-order valence-corrected chi connectivity index (χ3v) is 6.95. The number of rotatable bonds is 5. The van der Waals surface area contributed by atoms with Crippen LogP contribution in [0.15, 0.2) is 11.8 Å². The van der Waals surface area contributed by atoms with Crippen LogP contribution < -0.4 is 5.32 Å². The molecule has 5 aliphatic carbocycles. The monoisotopic (exact) mass is 330 g/mol. The van der Waals surface area contributed by atoms with E-state index >= 15 is 0 Å². The van der Waals surface area contributed by atoms with E-state index in [1.807, 2.05) is 25.9 Å². The van der Waals surface area contributed by atoms with Crippen LogP contribution in [0.1, 0.15) is 51.9 Å². The van der Waals surface area contributed by atoms with E-state index in [-0.39, 0.29) is 23.1 Å². The van der Waals surface area contributed by atoms with Crippen LogP contribution in [0, 0.1) is 29.1 Å². The molecule has 0 aromatic carbocycles. The van der Waals surface area contributed by atoms with Crippen molar-refractivity contribution < 1.29 is 9.59 Å².